The topological polar surface area (TPSA) is 39.9 Å². The van der Waals surface area contributed by atoms with Crippen LogP contribution >= 0.6 is 0 Å². The van der Waals surface area contributed by atoms with Gasteiger partial charge in [0.05, 0.1) is 11.1 Å². The molecule has 3 heteroatoms. The molecule has 0 atom stereocenters. The highest BCUT2D eigenvalue weighted by atomic mass is 15.2. The maximum absolute atomic E-state index is 9.44. The summed E-state index contributed by atoms with van der Waals surface area (Å²) in [5, 5.41) is 10.5. The first-order chi connectivity index (χ1) is 9.83. The maximum Gasteiger partial charge on any atom is 0.147 e. The quantitative estimate of drug-likeness (QED) is 0.823. The Bertz CT molecular complexity index is 653. The minimum absolute atomic E-state index is 0.585. The molecular weight excluding hydrogens is 246 g/mol. The van der Waals surface area contributed by atoms with Gasteiger partial charge in [0.1, 0.15) is 11.9 Å². The number of nitriles is 1. The van der Waals surface area contributed by atoms with Crippen LogP contribution in [0.1, 0.15) is 38.2 Å². The van der Waals surface area contributed by atoms with Gasteiger partial charge in [-0.15, -0.1) is 0 Å². The number of aromatic nitrogens is 1. The van der Waals surface area contributed by atoms with Crippen LogP contribution in [-0.4, -0.2) is 17.6 Å². The zero-order valence-corrected chi connectivity index (χ0v) is 11.8. The van der Waals surface area contributed by atoms with Crippen LogP contribution in [0.15, 0.2) is 30.3 Å². The number of hydrogen-bond donors (Lipinski definition) is 0. The van der Waals surface area contributed by atoms with Crippen LogP contribution in [0.5, 0.6) is 0 Å². The van der Waals surface area contributed by atoms with Crippen molar-refractivity contribution in [2.75, 3.05) is 11.4 Å². The first kappa shape index (κ1) is 12.9. The van der Waals surface area contributed by atoms with Gasteiger partial charge in [0, 0.05) is 18.0 Å². The predicted molar refractivity (Wildman–Crippen MR) is 81.7 cm³/mol. The Hall–Kier alpha value is -2.08. The van der Waals surface area contributed by atoms with E-state index in [1.807, 2.05) is 30.3 Å². The Morgan fingerprint density at radius 1 is 1.35 bits per heavy atom. The maximum atomic E-state index is 9.44. The molecule has 3 nitrogen and oxygen atoms in total. The minimum atomic E-state index is 0.585. The van der Waals surface area contributed by atoms with Crippen molar-refractivity contribution in [3.05, 3.63) is 35.9 Å². The fourth-order valence-electron chi connectivity index (χ4n) is 2.58. The molecule has 3 rings (SSSR count). The van der Waals surface area contributed by atoms with Gasteiger partial charge in [-0.2, -0.15) is 5.26 Å². The van der Waals surface area contributed by atoms with Gasteiger partial charge in [-0.05, 0) is 31.4 Å². The summed E-state index contributed by atoms with van der Waals surface area (Å²) in [6, 6.07) is 12.9. The molecule has 0 amide bonds. The summed E-state index contributed by atoms with van der Waals surface area (Å²) in [7, 11) is 0. The normalized spacial score (nSPS) is 14.2. The number of fused-ring (bicyclic) bond motifs is 1. The SMILES string of the molecule is CCCCN(c1nc2ccccc2cc1C#N)C1CC1. The second-order valence-corrected chi connectivity index (χ2v) is 5.44. The lowest BCUT2D eigenvalue weighted by molar-refractivity contribution is 0.705. The van der Waals surface area contributed by atoms with E-state index < -0.39 is 0 Å². The Morgan fingerprint density at radius 3 is 2.85 bits per heavy atom. The van der Waals surface area contributed by atoms with Crippen LogP contribution < -0.4 is 4.90 Å². The molecule has 1 aliphatic rings. The van der Waals surface area contributed by atoms with Crippen LogP contribution in [-0.2, 0) is 0 Å². The van der Waals surface area contributed by atoms with Crippen molar-refractivity contribution in [1.29, 1.82) is 5.26 Å². The molecule has 0 aliphatic heterocycles. The molecule has 0 saturated heterocycles. The van der Waals surface area contributed by atoms with Crippen molar-refractivity contribution < 1.29 is 0 Å². The molecule has 1 aromatic carbocycles. The zero-order chi connectivity index (χ0) is 13.9. The van der Waals surface area contributed by atoms with E-state index in [4.69, 9.17) is 4.98 Å². The summed E-state index contributed by atoms with van der Waals surface area (Å²) in [6.45, 7) is 3.20. The monoisotopic (exact) mass is 265 g/mol. The van der Waals surface area contributed by atoms with E-state index in [0.717, 1.165) is 29.7 Å². The molecule has 1 aliphatic carbocycles. The molecule has 1 fully saturated rings. The molecule has 2 aromatic rings. The first-order valence-corrected chi connectivity index (χ1v) is 7.40. The third kappa shape index (κ3) is 2.46. The summed E-state index contributed by atoms with van der Waals surface area (Å²) >= 11 is 0. The molecule has 1 heterocycles. The second-order valence-electron chi connectivity index (χ2n) is 5.44. The summed E-state index contributed by atoms with van der Waals surface area (Å²) in [6.07, 6.45) is 4.76. The van der Waals surface area contributed by atoms with E-state index in [-0.39, 0.29) is 0 Å². The van der Waals surface area contributed by atoms with E-state index in [0.29, 0.717) is 11.6 Å². The van der Waals surface area contributed by atoms with E-state index in [2.05, 4.69) is 17.9 Å². The van der Waals surface area contributed by atoms with Crippen molar-refractivity contribution >= 4 is 16.7 Å². The van der Waals surface area contributed by atoms with Crippen molar-refractivity contribution in [2.24, 2.45) is 0 Å². The van der Waals surface area contributed by atoms with E-state index in [1.54, 1.807) is 0 Å². The Morgan fingerprint density at radius 2 is 2.15 bits per heavy atom. The van der Waals surface area contributed by atoms with Crippen LogP contribution in [0.2, 0.25) is 0 Å². The lowest BCUT2D eigenvalue weighted by Crippen LogP contribution is -2.28. The highest BCUT2D eigenvalue weighted by Gasteiger charge is 2.31. The zero-order valence-electron chi connectivity index (χ0n) is 11.8. The average molecular weight is 265 g/mol. The largest absolute Gasteiger partial charge is 0.353 e. The van der Waals surface area contributed by atoms with Gasteiger partial charge in [-0.1, -0.05) is 31.5 Å². The van der Waals surface area contributed by atoms with E-state index in [9.17, 15) is 5.26 Å². The van der Waals surface area contributed by atoms with Gasteiger partial charge in [0.15, 0.2) is 0 Å². The summed E-state index contributed by atoms with van der Waals surface area (Å²) < 4.78 is 0. The predicted octanol–water partition coefficient (Wildman–Crippen LogP) is 3.88. The number of hydrogen-bond acceptors (Lipinski definition) is 3. The Labute approximate surface area is 119 Å². The van der Waals surface area contributed by atoms with Crippen LogP contribution in [0.25, 0.3) is 10.9 Å². The lowest BCUT2D eigenvalue weighted by atomic mass is 10.1. The molecule has 0 radical (unpaired) electrons. The van der Waals surface area contributed by atoms with Crippen LogP contribution in [0.3, 0.4) is 0 Å². The van der Waals surface area contributed by atoms with E-state index in [1.165, 1.54) is 19.3 Å². The summed E-state index contributed by atoms with van der Waals surface area (Å²) in [4.78, 5) is 7.11. The molecule has 0 unspecified atom stereocenters. The summed E-state index contributed by atoms with van der Waals surface area (Å²) in [5.41, 5.74) is 1.68. The highest BCUT2D eigenvalue weighted by Crippen LogP contribution is 2.33. The van der Waals surface area contributed by atoms with Gasteiger partial charge in [0.2, 0.25) is 0 Å². The fourth-order valence-corrected chi connectivity index (χ4v) is 2.58. The third-order valence-corrected chi connectivity index (χ3v) is 3.84. The fraction of sp³-hybridized carbons (Fsp3) is 0.412. The smallest absolute Gasteiger partial charge is 0.147 e. The van der Waals surface area contributed by atoms with Gasteiger partial charge in [-0.3, -0.25) is 0 Å². The highest BCUT2D eigenvalue weighted by molar-refractivity contribution is 5.83. The molecule has 102 valence electrons. The number of anilines is 1. The van der Waals surface area contributed by atoms with Crippen molar-refractivity contribution in [2.45, 2.75) is 38.6 Å². The third-order valence-electron chi connectivity index (χ3n) is 3.84. The number of unbranched alkanes of at least 4 members (excludes halogenated alkanes) is 1. The van der Waals surface area contributed by atoms with Crippen molar-refractivity contribution in [3.63, 3.8) is 0 Å². The average Bonchev–Trinajstić information content (AvgIpc) is 3.31. The summed E-state index contributed by atoms with van der Waals surface area (Å²) in [5.74, 6) is 0.877. The van der Waals surface area contributed by atoms with Crippen LogP contribution in [0.4, 0.5) is 5.82 Å². The lowest BCUT2D eigenvalue weighted by Gasteiger charge is -2.24. The molecule has 20 heavy (non-hydrogen) atoms. The standard InChI is InChI=1S/C17H19N3/c1-2-3-10-20(15-8-9-15)17-14(12-18)11-13-6-4-5-7-16(13)19-17/h4-7,11,15H,2-3,8-10H2,1H3. The van der Waals surface area contributed by atoms with Crippen LogP contribution in [0, 0.1) is 11.3 Å². The first-order valence-electron chi connectivity index (χ1n) is 7.40. The molecule has 0 N–H and O–H groups in total. The van der Waals surface area contributed by atoms with Crippen molar-refractivity contribution in [1.82, 2.24) is 4.98 Å². The molecule has 0 bridgehead atoms. The van der Waals surface area contributed by atoms with Gasteiger partial charge in [-0.25, -0.2) is 4.98 Å². The molecule has 1 aromatic heterocycles. The molecule has 1 saturated carbocycles. The number of pyridine rings is 1. The van der Waals surface area contributed by atoms with E-state index >= 15 is 0 Å². The van der Waals surface area contributed by atoms with Gasteiger partial charge >= 0.3 is 0 Å². The molecular formula is C17H19N3. The van der Waals surface area contributed by atoms with Gasteiger partial charge < -0.3 is 4.90 Å². The number of benzene rings is 1. The van der Waals surface area contributed by atoms with Crippen molar-refractivity contribution in [3.8, 4) is 6.07 Å². The number of rotatable bonds is 5. The minimum Gasteiger partial charge on any atom is -0.353 e. The second kappa shape index (κ2) is 5.50. The number of para-hydroxylation sites is 1. The Kier molecular flexibility index (Phi) is 3.56. The molecule has 0 spiro atoms. The Balaban J connectivity index is 2.05. The van der Waals surface area contributed by atoms with Gasteiger partial charge in [0.25, 0.3) is 0 Å². The number of nitrogens with zero attached hydrogens (tertiary/aromatic N) is 3.